The molecular formula is C28H20N2. The molecule has 0 aliphatic carbocycles. The molecule has 4 aromatic rings. The van der Waals surface area contributed by atoms with Gasteiger partial charge in [-0.05, 0) is 22.3 Å². The van der Waals surface area contributed by atoms with Crippen molar-refractivity contribution in [3.63, 3.8) is 0 Å². The molecule has 0 aliphatic rings. The molecule has 0 atom stereocenters. The first-order valence-electron chi connectivity index (χ1n) is 9.84. The van der Waals surface area contributed by atoms with Crippen LogP contribution in [0, 0.1) is 22.7 Å². The summed E-state index contributed by atoms with van der Waals surface area (Å²) in [5.41, 5.74) is 0.851. The smallest absolute Gasteiger partial charge is 0.186 e. The summed E-state index contributed by atoms with van der Waals surface area (Å²) in [6, 6.07) is 44.0. The van der Waals surface area contributed by atoms with Gasteiger partial charge in [0.2, 0.25) is 0 Å². The van der Waals surface area contributed by atoms with Crippen LogP contribution in [0.4, 0.5) is 0 Å². The summed E-state index contributed by atoms with van der Waals surface area (Å²) in [5, 5.41) is 21.4. The number of benzene rings is 4. The van der Waals surface area contributed by atoms with Crippen LogP contribution in [-0.4, -0.2) is 0 Å². The molecule has 4 rings (SSSR count). The van der Waals surface area contributed by atoms with E-state index in [4.69, 9.17) is 0 Å². The fourth-order valence-corrected chi connectivity index (χ4v) is 4.44. The SMILES string of the molecule is N#CC(C#N)(c1ccccc1)C(c1ccccc1)(c1ccccc1)c1ccccc1. The van der Waals surface area contributed by atoms with Crippen LogP contribution in [0.5, 0.6) is 0 Å². The zero-order valence-corrected chi connectivity index (χ0v) is 16.4. The number of hydrogen-bond acceptors (Lipinski definition) is 2. The van der Waals surface area contributed by atoms with Crippen molar-refractivity contribution < 1.29 is 0 Å². The molecule has 2 nitrogen and oxygen atoms in total. The molecule has 0 bridgehead atoms. The highest BCUT2D eigenvalue weighted by Gasteiger charge is 2.57. The van der Waals surface area contributed by atoms with Gasteiger partial charge < -0.3 is 0 Å². The predicted molar refractivity (Wildman–Crippen MR) is 119 cm³/mol. The Balaban J connectivity index is 2.24. The van der Waals surface area contributed by atoms with Gasteiger partial charge in [-0.15, -0.1) is 0 Å². The Morgan fingerprint density at radius 3 is 0.933 bits per heavy atom. The zero-order chi connectivity index (χ0) is 20.9. The third-order valence-corrected chi connectivity index (χ3v) is 5.73. The first-order valence-corrected chi connectivity index (χ1v) is 9.84. The topological polar surface area (TPSA) is 47.6 Å². The molecule has 0 radical (unpaired) electrons. The van der Waals surface area contributed by atoms with E-state index >= 15 is 0 Å². The van der Waals surface area contributed by atoms with Crippen molar-refractivity contribution in [2.45, 2.75) is 10.8 Å². The lowest BCUT2D eigenvalue weighted by atomic mass is 9.52. The molecule has 0 N–H and O–H groups in total. The second-order valence-corrected chi connectivity index (χ2v) is 7.19. The molecule has 0 spiro atoms. The van der Waals surface area contributed by atoms with Crippen LogP contribution in [0.1, 0.15) is 22.3 Å². The first-order chi connectivity index (χ1) is 14.8. The first kappa shape index (κ1) is 19.2. The van der Waals surface area contributed by atoms with Crippen LogP contribution in [0.3, 0.4) is 0 Å². The monoisotopic (exact) mass is 384 g/mol. The summed E-state index contributed by atoms with van der Waals surface area (Å²) in [7, 11) is 0. The van der Waals surface area contributed by atoms with Crippen LogP contribution in [0.15, 0.2) is 121 Å². The van der Waals surface area contributed by atoms with E-state index in [9.17, 15) is 10.5 Å². The van der Waals surface area contributed by atoms with Gasteiger partial charge in [0.25, 0.3) is 0 Å². The molecule has 0 heterocycles. The van der Waals surface area contributed by atoms with Crippen molar-refractivity contribution in [1.82, 2.24) is 0 Å². The standard InChI is InChI=1S/C28H20N2/c29-21-27(22-30,23-13-5-1-6-14-23)28(24-15-7-2-8-16-24,25-17-9-3-10-18-25)26-19-11-4-12-20-26/h1-20H. The van der Waals surface area contributed by atoms with Crippen molar-refractivity contribution in [2.24, 2.45) is 0 Å². The number of rotatable bonds is 5. The number of nitrogens with zero attached hydrogens (tertiary/aromatic N) is 2. The molecule has 2 heteroatoms. The van der Waals surface area contributed by atoms with Gasteiger partial charge in [0.05, 0.1) is 17.6 Å². The normalized spacial score (nSPS) is 11.3. The average molecular weight is 384 g/mol. The van der Waals surface area contributed by atoms with E-state index in [2.05, 4.69) is 12.1 Å². The minimum absolute atomic E-state index is 0.673. The highest BCUT2D eigenvalue weighted by Crippen LogP contribution is 2.53. The molecule has 0 aliphatic heterocycles. The molecule has 0 fully saturated rings. The molecule has 0 saturated heterocycles. The summed E-state index contributed by atoms with van der Waals surface area (Å²) in [5.74, 6) is 0. The highest BCUT2D eigenvalue weighted by molar-refractivity contribution is 5.63. The number of hydrogen-bond donors (Lipinski definition) is 0. The van der Waals surface area contributed by atoms with Crippen LogP contribution >= 0.6 is 0 Å². The van der Waals surface area contributed by atoms with Gasteiger partial charge in [-0.2, -0.15) is 10.5 Å². The highest BCUT2D eigenvalue weighted by atomic mass is 14.6. The Morgan fingerprint density at radius 2 is 0.667 bits per heavy atom. The van der Waals surface area contributed by atoms with Gasteiger partial charge in [-0.1, -0.05) is 121 Å². The summed E-state index contributed by atoms with van der Waals surface area (Å²) >= 11 is 0. The molecule has 0 unspecified atom stereocenters. The largest absolute Gasteiger partial charge is 0.196 e. The lowest BCUT2D eigenvalue weighted by molar-refractivity contribution is 0.468. The minimum Gasteiger partial charge on any atom is -0.196 e. The third-order valence-electron chi connectivity index (χ3n) is 5.73. The van der Waals surface area contributed by atoms with Crippen LogP contribution < -0.4 is 0 Å². The molecule has 0 amide bonds. The second kappa shape index (κ2) is 8.08. The van der Waals surface area contributed by atoms with E-state index in [-0.39, 0.29) is 0 Å². The molecular weight excluding hydrogens is 364 g/mol. The van der Waals surface area contributed by atoms with Crippen molar-refractivity contribution in [2.75, 3.05) is 0 Å². The zero-order valence-electron chi connectivity index (χ0n) is 16.4. The van der Waals surface area contributed by atoms with Gasteiger partial charge in [0, 0.05) is 0 Å². The van der Waals surface area contributed by atoms with Crippen LogP contribution in [-0.2, 0) is 10.8 Å². The molecule has 30 heavy (non-hydrogen) atoms. The van der Waals surface area contributed by atoms with E-state index < -0.39 is 10.8 Å². The lowest BCUT2D eigenvalue weighted by Gasteiger charge is -2.44. The molecule has 4 aromatic carbocycles. The second-order valence-electron chi connectivity index (χ2n) is 7.19. The summed E-state index contributed by atoms with van der Waals surface area (Å²) in [6.07, 6.45) is 0. The Kier molecular flexibility index (Phi) is 5.17. The maximum atomic E-state index is 10.7. The third kappa shape index (κ3) is 2.79. The molecule has 0 aromatic heterocycles. The Morgan fingerprint density at radius 1 is 0.400 bits per heavy atom. The lowest BCUT2D eigenvalue weighted by Crippen LogP contribution is -2.49. The van der Waals surface area contributed by atoms with Gasteiger partial charge in [-0.3, -0.25) is 0 Å². The van der Waals surface area contributed by atoms with E-state index in [0.29, 0.717) is 5.56 Å². The maximum Gasteiger partial charge on any atom is 0.186 e. The summed E-state index contributed by atoms with van der Waals surface area (Å²) in [6.45, 7) is 0. The molecule has 0 saturated carbocycles. The van der Waals surface area contributed by atoms with Crippen molar-refractivity contribution >= 4 is 0 Å². The van der Waals surface area contributed by atoms with Crippen LogP contribution in [0.2, 0.25) is 0 Å². The predicted octanol–water partition coefficient (Wildman–Crippen LogP) is 6.01. The quantitative estimate of drug-likeness (QED) is 0.396. The Labute approximate surface area is 177 Å². The van der Waals surface area contributed by atoms with E-state index in [1.165, 1.54) is 0 Å². The van der Waals surface area contributed by atoms with Crippen molar-refractivity contribution in [1.29, 1.82) is 10.5 Å². The number of nitriles is 2. The average Bonchev–Trinajstić information content (AvgIpc) is 2.85. The van der Waals surface area contributed by atoms with E-state index in [1.54, 1.807) is 0 Å². The minimum atomic E-state index is -1.49. The van der Waals surface area contributed by atoms with Gasteiger partial charge in [0.1, 0.15) is 0 Å². The van der Waals surface area contributed by atoms with Gasteiger partial charge >= 0.3 is 0 Å². The Bertz CT molecular complexity index is 1080. The maximum absolute atomic E-state index is 10.7. The van der Waals surface area contributed by atoms with Gasteiger partial charge in [0.15, 0.2) is 5.41 Å². The van der Waals surface area contributed by atoms with E-state index in [0.717, 1.165) is 16.7 Å². The van der Waals surface area contributed by atoms with Crippen molar-refractivity contribution in [3.05, 3.63) is 144 Å². The Hall–Kier alpha value is -4.14. The summed E-state index contributed by atoms with van der Waals surface area (Å²) in [4.78, 5) is 0. The summed E-state index contributed by atoms with van der Waals surface area (Å²) < 4.78 is 0. The van der Waals surface area contributed by atoms with E-state index in [1.807, 2.05) is 121 Å². The molecule has 142 valence electrons. The van der Waals surface area contributed by atoms with Crippen LogP contribution in [0.25, 0.3) is 0 Å². The van der Waals surface area contributed by atoms with Gasteiger partial charge in [-0.25, -0.2) is 0 Å². The fraction of sp³-hybridized carbons (Fsp3) is 0.0714. The fourth-order valence-electron chi connectivity index (χ4n) is 4.44. The van der Waals surface area contributed by atoms with Crippen molar-refractivity contribution in [3.8, 4) is 12.1 Å².